The summed E-state index contributed by atoms with van der Waals surface area (Å²) in [6, 6.07) is 0. The van der Waals surface area contributed by atoms with Crippen molar-refractivity contribution in [2.75, 3.05) is 6.61 Å². The third kappa shape index (κ3) is 2.22. The Morgan fingerprint density at radius 2 is 2.45 bits per heavy atom. The summed E-state index contributed by atoms with van der Waals surface area (Å²) in [4.78, 5) is 21.0. The van der Waals surface area contributed by atoms with E-state index in [2.05, 4.69) is 4.74 Å². The van der Waals surface area contributed by atoms with Gasteiger partial charge in [-0.25, -0.2) is 0 Å². The molecule has 0 bridgehead atoms. The van der Waals surface area contributed by atoms with Crippen molar-refractivity contribution in [3.8, 4) is 0 Å². The van der Waals surface area contributed by atoms with E-state index in [1.54, 1.807) is 0 Å². The second kappa shape index (κ2) is 3.37. The van der Waals surface area contributed by atoms with Crippen LogP contribution in [0.1, 0.15) is 19.3 Å². The lowest BCUT2D eigenvalue weighted by molar-refractivity contribution is -0.157. The lowest BCUT2D eigenvalue weighted by Gasteiger charge is -2.18. The van der Waals surface area contributed by atoms with Crippen molar-refractivity contribution >= 4 is 11.9 Å². The van der Waals surface area contributed by atoms with Gasteiger partial charge in [-0.1, -0.05) is 0 Å². The Bertz CT molecular complexity index is 175. The molecule has 0 spiro atoms. The number of carbonyl (C=O) groups is 2. The van der Waals surface area contributed by atoms with Gasteiger partial charge >= 0.3 is 11.9 Å². The molecule has 1 rings (SSSR count). The smallest absolute Gasteiger partial charge is 0.309 e. The zero-order valence-electron chi connectivity index (χ0n) is 6.08. The van der Waals surface area contributed by atoms with Crippen LogP contribution in [0.5, 0.6) is 0 Å². The first-order valence-electron chi connectivity index (χ1n) is 3.58. The molecule has 0 amide bonds. The maximum Gasteiger partial charge on any atom is 0.309 e. The molecule has 4 heteroatoms. The maximum absolute atomic E-state index is 10.8. The Hall–Kier alpha value is -1.06. The molecule has 0 aromatic rings. The van der Waals surface area contributed by atoms with Crippen molar-refractivity contribution in [1.82, 2.24) is 0 Å². The van der Waals surface area contributed by atoms with Crippen molar-refractivity contribution in [3.05, 3.63) is 0 Å². The average molecular weight is 158 g/mol. The molecular formula is C7H10O4. The lowest BCUT2D eigenvalue weighted by Crippen LogP contribution is -2.26. The van der Waals surface area contributed by atoms with E-state index in [1.165, 1.54) is 0 Å². The van der Waals surface area contributed by atoms with E-state index in [0.29, 0.717) is 13.0 Å². The van der Waals surface area contributed by atoms with E-state index >= 15 is 0 Å². The van der Waals surface area contributed by atoms with Gasteiger partial charge in [0.25, 0.3) is 0 Å². The molecule has 1 N–H and O–H groups in total. The fourth-order valence-corrected chi connectivity index (χ4v) is 1.13. The van der Waals surface area contributed by atoms with E-state index in [-0.39, 0.29) is 12.4 Å². The topological polar surface area (TPSA) is 63.6 Å². The number of carboxylic acid groups (broad SMARTS) is 1. The Labute approximate surface area is 64.2 Å². The highest BCUT2D eigenvalue weighted by Gasteiger charge is 2.25. The Morgan fingerprint density at radius 3 is 3.00 bits per heavy atom. The SMILES string of the molecule is O=C(O)CC1CCCOC1=O. The average Bonchev–Trinajstić information content (AvgIpc) is 1.93. The van der Waals surface area contributed by atoms with E-state index in [9.17, 15) is 9.59 Å². The molecule has 4 nitrogen and oxygen atoms in total. The summed E-state index contributed by atoms with van der Waals surface area (Å²) in [5.74, 6) is -1.71. The van der Waals surface area contributed by atoms with Gasteiger partial charge in [0.2, 0.25) is 0 Å². The van der Waals surface area contributed by atoms with Crippen molar-refractivity contribution < 1.29 is 19.4 Å². The lowest BCUT2D eigenvalue weighted by atomic mass is 9.98. The van der Waals surface area contributed by atoms with Crippen molar-refractivity contribution in [2.24, 2.45) is 5.92 Å². The Balaban J connectivity index is 2.42. The van der Waals surface area contributed by atoms with Gasteiger partial charge in [0.05, 0.1) is 18.9 Å². The number of esters is 1. The third-order valence-corrected chi connectivity index (χ3v) is 1.70. The Kier molecular flexibility index (Phi) is 2.46. The summed E-state index contributed by atoms with van der Waals surface area (Å²) >= 11 is 0. The van der Waals surface area contributed by atoms with Crippen molar-refractivity contribution in [2.45, 2.75) is 19.3 Å². The predicted octanol–water partition coefficient (Wildman–Crippen LogP) is 0.414. The first kappa shape index (κ1) is 8.04. The first-order chi connectivity index (χ1) is 5.20. The Morgan fingerprint density at radius 1 is 1.73 bits per heavy atom. The van der Waals surface area contributed by atoms with Crippen molar-refractivity contribution in [1.29, 1.82) is 0 Å². The maximum atomic E-state index is 10.8. The molecule has 0 saturated carbocycles. The van der Waals surface area contributed by atoms with Gasteiger partial charge in [0.1, 0.15) is 0 Å². The number of hydrogen-bond donors (Lipinski definition) is 1. The van der Waals surface area contributed by atoms with Crippen LogP contribution < -0.4 is 0 Å². The van der Waals surface area contributed by atoms with Crippen LogP contribution in [0.3, 0.4) is 0 Å². The van der Waals surface area contributed by atoms with Crippen LogP contribution in [-0.2, 0) is 14.3 Å². The zero-order chi connectivity index (χ0) is 8.27. The summed E-state index contributed by atoms with van der Waals surface area (Å²) in [7, 11) is 0. The van der Waals surface area contributed by atoms with Gasteiger partial charge in [-0.05, 0) is 12.8 Å². The zero-order valence-corrected chi connectivity index (χ0v) is 6.08. The molecule has 1 unspecified atom stereocenters. The standard InChI is InChI=1S/C7H10O4/c8-6(9)4-5-2-1-3-11-7(5)10/h5H,1-4H2,(H,8,9). The van der Waals surface area contributed by atoms with Crippen molar-refractivity contribution in [3.63, 3.8) is 0 Å². The number of hydrogen-bond acceptors (Lipinski definition) is 3. The quantitative estimate of drug-likeness (QED) is 0.591. The van der Waals surface area contributed by atoms with Crippen LogP contribution >= 0.6 is 0 Å². The minimum atomic E-state index is -0.936. The molecule has 1 heterocycles. The van der Waals surface area contributed by atoms with Crippen LogP contribution in [0.2, 0.25) is 0 Å². The normalized spacial score (nSPS) is 24.4. The minimum Gasteiger partial charge on any atom is -0.481 e. The van der Waals surface area contributed by atoms with Gasteiger partial charge in [0, 0.05) is 0 Å². The number of cyclic esters (lactones) is 1. The highest BCUT2D eigenvalue weighted by molar-refractivity contribution is 5.79. The number of aliphatic carboxylic acids is 1. The van der Waals surface area contributed by atoms with Crippen LogP contribution in [0.25, 0.3) is 0 Å². The molecule has 0 radical (unpaired) electrons. The summed E-state index contributed by atoms with van der Waals surface area (Å²) in [6.07, 6.45) is 1.33. The fourth-order valence-electron chi connectivity index (χ4n) is 1.13. The van der Waals surface area contributed by atoms with Crippen LogP contribution in [0.4, 0.5) is 0 Å². The fraction of sp³-hybridized carbons (Fsp3) is 0.714. The third-order valence-electron chi connectivity index (χ3n) is 1.70. The molecule has 0 aromatic carbocycles. The van der Waals surface area contributed by atoms with Crippen LogP contribution in [-0.4, -0.2) is 23.7 Å². The largest absolute Gasteiger partial charge is 0.481 e. The molecule has 1 saturated heterocycles. The van der Waals surface area contributed by atoms with E-state index in [4.69, 9.17) is 5.11 Å². The molecule has 11 heavy (non-hydrogen) atoms. The van der Waals surface area contributed by atoms with Crippen LogP contribution in [0.15, 0.2) is 0 Å². The molecule has 1 aliphatic heterocycles. The summed E-state index contributed by atoms with van der Waals surface area (Å²) in [5.41, 5.74) is 0. The summed E-state index contributed by atoms with van der Waals surface area (Å²) < 4.78 is 4.69. The van der Waals surface area contributed by atoms with Gasteiger partial charge in [-0.2, -0.15) is 0 Å². The molecule has 62 valence electrons. The molecule has 1 atom stereocenters. The van der Waals surface area contributed by atoms with Gasteiger partial charge in [0.15, 0.2) is 0 Å². The minimum absolute atomic E-state index is 0.0984. The molecule has 1 aliphatic rings. The van der Waals surface area contributed by atoms with Gasteiger partial charge in [-0.15, -0.1) is 0 Å². The molecule has 0 aromatic heterocycles. The second-order valence-electron chi connectivity index (χ2n) is 2.60. The molecular weight excluding hydrogens is 148 g/mol. The van der Waals surface area contributed by atoms with E-state index in [0.717, 1.165) is 6.42 Å². The molecule has 0 aliphatic carbocycles. The number of rotatable bonds is 2. The van der Waals surface area contributed by atoms with E-state index < -0.39 is 11.9 Å². The second-order valence-corrected chi connectivity index (χ2v) is 2.60. The number of carbonyl (C=O) groups excluding carboxylic acids is 1. The summed E-state index contributed by atoms with van der Waals surface area (Å²) in [5, 5.41) is 8.38. The monoisotopic (exact) mass is 158 g/mol. The highest BCUT2D eigenvalue weighted by atomic mass is 16.5. The number of ether oxygens (including phenoxy) is 1. The highest BCUT2D eigenvalue weighted by Crippen LogP contribution is 2.18. The van der Waals surface area contributed by atoms with E-state index in [1.807, 2.05) is 0 Å². The number of carboxylic acids is 1. The van der Waals surface area contributed by atoms with Crippen LogP contribution in [0, 0.1) is 5.92 Å². The predicted molar refractivity (Wildman–Crippen MR) is 35.9 cm³/mol. The van der Waals surface area contributed by atoms with Gasteiger partial charge < -0.3 is 9.84 Å². The van der Waals surface area contributed by atoms with Gasteiger partial charge in [-0.3, -0.25) is 9.59 Å². The first-order valence-corrected chi connectivity index (χ1v) is 3.58. The molecule has 1 fully saturated rings. The summed E-state index contributed by atoms with van der Waals surface area (Å²) in [6.45, 7) is 0.439.